The van der Waals surface area contributed by atoms with Gasteiger partial charge in [0, 0.05) is 30.8 Å². The van der Waals surface area contributed by atoms with E-state index < -0.39 is 0 Å². The fourth-order valence-electron chi connectivity index (χ4n) is 3.22. The first-order valence-electron chi connectivity index (χ1n) is 9.49. The van der Waals surface area contributed by atoms with Crippen molar-refractivity contribution in [1.29, 1.82) is 0 Å². The lowest BCUT2D eigenvalue weighted by molar-refractivity contribution is 0.0984. The van der Waals surface area contributed by atoms with E-state index in [0.717, 1.165) is 35.6 Å². The predicted octanol–water partition coefficient (Wildman–Crippen LogP) is 4.01. The Morgan fingerprint density at radius 3 is 2.50 bits per heavy atom. The lowest BCUT2D eigenvalue weighted by Crippen LogP contribution is -2.38. The molecule has 0 unspecified atom stereocenters. The van der Waals surface area contributed by atoms with Gasteiger partial charge in [0.1, 0.15) is 0 Å². The number of thiazole rings is 1. The molecule has 2 aromatic carbocycles. The third-order valence-corrected chi connectivity index (χ3v) is 5.94. The first-order valence-corrected chi connectivity index (χ1v) is 10.3. The van der Waals surface area contributed by atoms with E-state index in [2.05, 4.69) is 18.7 Å². The van der Waals surface area contributed by atoms with E-state index in [1.807, 2.05) is 42.5 Å². The molecule has 7 heteroatoms. The van der Waals surface area contributed by atoms with Gasteiger partial charge in [0.2, 0.25) is 6.79 Å². The molecule has 1 aliphatic rings. The number of carbonyl (C=O) groups excluding carboxylic acids is 1. The minimum absolute atomic E-state index is 0.0353. The zero-order valence-corrected chi connectivity index (χ0v) is 16.9. The second-order valence-corrected chi connectivity index (χ2v) is 7.53. The molecule has 4 rings (SSSR count). The molecule has 0 bridgehead atoms. The van der Waals surface area contributed by atoms with E-state index in [1.54, 1.807) is 4.90 Å². The summed E-state index contributed by atoms with van der Waals surface area (Å²) in [6.45, 7) is 7.78. The molecule has 146 valence electrons. The van der Waals surface area contributed by atoms with Gasteiger partial charge in [-0.25, -0.2) is 4.98 Å². The number of aromatic nitrogens is 1. The van der Waals surface area contributed by atoms with E-state index in [9.17, 15) is 4.79 Å². The van der Waals surface area contributed by atoms with Gasteiger partial charge >= 0.3 is 0 Å². The number of carbonyl (C=O) groups is 1. The van der Waals surface area contributed by atoms with Crippen LogP contribution in [0.3, 0.4) is 0 Å². The van der Waals surface area contributed by atoms with Crippen LogP contribution in [-0.2, 0) is 0 Å². The molecule has 0 saturated carbocycles. The van der Waals surface area contributed by atoms with Crippen molar-refractivity contribution in [3.63, 3.8) is 0 Å². The predicted molar refractivity (Wildman–Crippen MR) is 112 cm³/mol. The largest absolute Gasteiger partial charge is 0.454 e. The lowest BCUT2D eigenvalue weighted by Gasteiger charge is -2.24. The van der Waals surface area contributed by atoms with Crippen molar-refractivity contribution >= 4 is 32.6 Å². The molecular weight excluding hydrogens is 374 g/mol. The normalized spacial score (nSPS) is 12.7. The van der Waals surface area contributed by atoms with Crippen LogP contribution in [0, 0.1) is 0 Å². The SMILES string of the molecule is CCN(CC)CCN(C(=O)c1ccccc1)c1nc2cc3c(cc2s1)OCO3. The molecule has 0 spiro atoms. The molecule has 1 aliphatic heterocycles. The Labute approximate surface area is 168 Å². The Kier molecular flexibility index (Phi) is 5.45. The van der Waals surface area contributed by atoms with Crippen LogP contribution in [0.2, 0.25) is 0 Å². The van der Waals surface area contributed by atoms with Crippen molar-refractivity contribution in [3.8, 4) is 11.5 Å². The molecule has 3 aromatic rings. The number of anilines is 1. The molecule has 1 aromatic heterocycles. The van der Waals surface area contributed by atoms with Crippen LogP contribution < -0.4 is 14.4 Å². The van der Waals surface area contributed by atoms with Crippen molar-refractivity contribution in [2.45, 2.75) is 13.8 Å². The number of amides is 1. The number of fused-ring (bicyclic) bond motifs is 2. The Morgan fingerprint density at radius 1 is 1.07 bits per heavy atom. The van der Waals surface area contributed by atoms with Crippen LogP contribution in [0.15, 0.2) is 42.5 Å². The summed E-state index contributed by atoms with van der Waals surface area (Å²) in [6.07, 6.45) is 0. The zero-order valence-electron chi connectivity index (χ0n) is 16.1. The van der Waals surface area contributed by atoms with Gasteiger partial charge in [0.15, 0.2) is 16.6 Å². The highest BCUT2D eigenvalue weighted by Crippen LogP contribution is 2.40. The second-order valence-electron chi connectivity index (χ2n) is 6.52. The minimum atomic E-state index is -0.0353. The lowest BCUT2D eigenvalue weighted by atomic mass is 10.2. The van der Waals surface area contributed by atoms with Gasteiger partial charge in [-0.15, -0.1) is 0 Å². The van der Waals surface area contributed by atoms with E-state index in [4.69, 9.17) is 14.5 Å². The first kappa shape index (κ1) is 18.7. The maximum atomic E-state index is 13.2. The van der Waals surface area contributed by atoms with E-state index in [0.29, 0.717) is 23.0 Å². The fourth-order valence-corrected chi connectivity index (χ4v) is 4.22. The molecule has 0 atom stereocenters. The first-order chi connectivity index (χ1) is 13.7. The van der Waals surface area contributed by atoms with Crippen LogP contribution in [0.25, 0.3) is 10.2 Å². The maximum Gasteiger partial charge on any atom is 0.260 e. The summed E-state index contributed by atoms with van der Waals surface area (Å²) >= 11 is 1.50. The molecule has 1 amide bonds. The summed E-state index contributed by atoms with van der Waals surface area (Å²) in [5.74, 6) is 1.40. The number of benzene rings is 2. The van der Waals surface area contributed by atoms with Gasteiger partial charge in [0.05, 0.1) is 10.2 Å². The van der Waals surface area contributed by atoms with Crippen molar-refractivity contribution in [3.05, 3.63) is 48.0 Å². The van der Waals surface area contributed by atoms with Crippen molar-refractivity contribution in [2.75, 3.05) is 37.9 Å². The van der Waals surface area contributed by atoms with Crippen LogP contribution in [-0.4, -0.2) is 48.8 Å². The molecule has 28 heavy (non-hydrogen) atoms. The highest BCUT2D eigenvalue weighted by Gasteiger charge is 2.23. The van der Waals surface area contributed by atoms with E-state index in [1.165, 1.54) is 11.3 Å². The van der Waals surface area contributed by atoms with E-state index in [-0.39, 0.29) is 12.7 Å². The van der Waals surface area contributed by atoms with Crippen LogP contribution in [0.1, 0.15) is 24.2 Å². The molecular formula is C21H23N3O3S. The summed E-state index contributed by atoms with van der Waals surface area (Å²) in [5.41, 5.74) is 1.48. The Hall–Kier alpha value is -2.64. The van der Waals surface area contributed by atoms with Gasteiger partial charge in [-0.3, -0.25) is 9.69 Å². The smallest absolute Gasteiger partial charge is 0.260 e. The van der Waals surface area contributed by atoms with Crippen LogP contribution in [0.5, 0.6) is 11.5 Å². The molecule has 0 aliphatic carbocycles. The van der Waals surface area contributed by atoms with Crippen LogP contribution in [0.4, 0.5) is 5.13 Å². The van der Waals surface area contributed by atoms with Gasteiger partial charge in [-0.05, 0) is 25.2 Å². The zero-order chi connectivity index (χ0) is 19.5. The Bertz CT molecular complexity index is 929. The fraction of sp³-hybridized carbons (Fsp3) is 0.333. The number of hydrogen-bond donors (Lipinski definition) is 0. The van der Waals surface area contributed by atoms with Gasteiger partial charge in [-0.1, -0.05) is 43.4 Å². The van der Waals surface area contributed by atoms with Crippen molar-refractivity contribution < 1.29 is 14.3 Å². The number of nitrogens with zero attached hydrogens (tertiary/aromatic N) is 3. The quantitative estimate of drug-likeness (QED) is 0.603. The summed E-state index contributed by atoms with van der Waals surface area (Å²) in [4.78, 5) is 22.1. The molecule has 0 fully saturated rings. The third kappa shape index (κ3) is 3.68. The highest BCUT2D eigenvalue weighted by atomic mass is 32.1. The topological polar surface area (TPSA) is 54.9 Å². The molecule has 0 N–H and O–H groups in total. The molecule has 0 saturated heterocycles. The van der Waals surface area contributed by atoms with E-state index >= 15 is 0 Å². The maximum absolute atomic E-state index is 13.2. The van der Waals surface area contributed by atoms with Crippen molar-refractivity contribution in [1.82, 2.24) is 9.88 Å². The Morgan fingerprint density at radius 2 is 1.79 bits per heavy atom. The number of likely N-dealkylation sites (N-methyl/N-ethyl adjacent to an activating group) is 1. The number of ether oxygens (including phenoxy) is 2. The highest BCUT2D eigenvalue weighted by molar-refractivity contribution is 7.22. The molecule has 0 radical (unpaired) electrons. The minimum Gasteiger partial charge on any atom is -0.454 e. The van der Waals surface area contributed by atoms with Gasteiger partial charge in [-0.2, -0.15) is 0 Å². The summed E-state index contributed by atoms with van der Waals surface area (Å²) in [5, 5.41) is 0.694. The summed E-state index contributed by atoms with van der Waals surface area (Å²) in [6, 6.07) is 13.2. The summed E-state index contributed by atoms with van der Waals surface area (Å²) < 4.78 is 11.9. The van der Waals surface area contributed by atoms with Gasteiger partial charge < -0.3 is 14.4 Å². The van der Waals surface area contributed by atoms with Crippen molar-refractivity contribution in [2.24, 2.45) is 0 Å². The Balaban J connectivity index is 1.67. The monoisotopic (exact) mass is 397 g/mol. The molecule has 2 heterocycles. The number of rotatable bonds is 7. The molecule has 6 nitrogen and oxygen atoms in total. The standard InChI is InChI=1S/C21H23N3O3S/c1-3-23(4-2)10-11-24(20(25)15-8-6-5-7-9-15)21-22-16-12-17-18(27-14-26-17)13-19(16)28-21/h5-9,12-13H,3-4,10-11,14H2,1-2H3. The second kappa shape index (κ2) is 8.16. The third-order valence-electron chi connectivity index (χ3n) is 4.90. The average molecular weight is 398 g/mol. The number of hydrogen-bond acceptors (Lipinski definition) is 6. The summed E-state index contributed by atoms with van der Waals surface area (Å²) in [7, 11) is 0. The van der Waals surface area contributed by atoms with Gasteiger partial charge in [0.25, 0.3) is 5.91 Å². The van der Waals surface area contributed by atoms with Crippen LogP contribution >= 0.6 is 11.3 Å². The average Bonchev–Trinajstić information content (AvgIpc) is 3.35.